The Morgan fingerprint density at radius 3 is 2.65 bits per heavy atom. The molecule has 0 radical (unpaired) electrons. The number of nitrogens with zero attached hydrogens (tertiary/aromatic N) is 2. The van der Waals surface area contributed by atoms with Gasteiger partial charge in [-0.15, -0.1) is 0 Å². The minimum absolute atomic E-state index is 0.0596. The molecule has 136 valence electrons. The number of piperidine rings is 1. The van der Waals surface area contributed by atoms with Gasteiger partial charge in [-0.25, -0.2) is 9.18 Å². The van der Waals surface area contributed by atoms with E-state index in [-0.39, 0.29) is 42.7 Å². The molecule has 0 saturated carbocycles. The van der Waals surface area contributed by atoms with Gasteiger partial charge in [0.25, 0.3) is 0 Å². The number of hydrogen-bond donors (Lipinski definition) is 2. The number of aromatic nitrogens is 1. The van der Waals surface area contributed by atoms with Crippen molar-refractivity contribution in [2.24, 2.45) is 5.92 Å². The first-order valence-electron chi connectivity index (χ1n) is 8.01. The summed E-state index contributed by atoms with van der Waals surface area (Å²) in [7, 11) is 0. The van der Waals surface area contributed by atoms with Crippen LogP contribution in [0.3, 0.4) is 0 Å². The van der Waals surface area contributed by atoms with E-state index in [1.54, 1.807) is 4.90 Å². The number of nitrogens with one attached hydrogen (secondary N) is 1. The normalized spacial score (nSPS) is 21.0. The summed E-state index contributed by atoms with van der Waals surface area (Å²) < 4.78 is 20.4. The van der Waals surface area contributed by atoms with Crippen LogP contribution in [0.25, 0.3) is 11.1 Å². The molecule has 26 heavy (non-hydrogen) atoms. The standard InChI is InChI=1S/C16H14FN3O6/c17-8-3-10(19-5-7(6-19)15(23)24)13-11(4-8)20(16(25)26-13)9-1-2-12(21)18-14(9)22/h3-4,7,9H,1-2,5-6H2,(H,23,24)(H,18,21,22). The molecule has 0 aliphatic carbocycles. The molecule has 2 aromatic rings. The molecule has 1 aromatic heterocycles. The van der Waals surface area contributed by atoms with Crippen molar-refractivity contribution in [1.29, 1.82) is 0 Å². The largest absolute Gasteiger partial charge is 0.481 e. The number of imide groups is 1. The number of carboxylic acids is 1. The Labute approximate surface area is 145 Å². The fraction of sp³-hybridized carbons (Fsp3) is 0.375. The van der Waals surface area contributed by atoms with Gasteiger partial charge in [-0.3, -0.25) is 24.3 Å². The second-order valence-corrected chi connectivity index (χ2v) is 6.42. The third-order valence-corrected chi connectivity index (χ3v) is 4.75. The number of carbonyl (C=O) groups is 3. The molecule has 3 heterocycles. The number of carbonyl (C=O) groups excluding carboxylic acids is 2. The molecule has 9 nitrogen and oxygen atoms in total. The molecule has 2 fully saturated rings. The Morgan fingerprint density at radius 2 is 2.00 bits per heavy atom. The molecule has 0 spiro atoms. The Bertz CT molecular complexity index is 1000. The third kappa shape index (κ3) is 2.45. The molecule has 2 aliphatic rings. The minimum atomic E-state index is -0.973. The molecule has 2 N–H and O–H groups in total. The van der Waals surface area contributed by atoms with Crippen LogP contribution >= 0.6 is 0 Å². The lowest BCUT2D eigenvalue weighted by atomic mass is 9.99. The number of carboxylic acid groups (broad SMARTS) is 1. The molecule has 2 aliphatic heterocycles. The molecule has 4 rings (SSSR count). The Kier molecular flexibility index (Phi) is 3.56. The van der Waals surface area contributed by atoms with E-state index in [4.69, 9.17) is 9.52 Å². The summed E-state index contributed by atoms with van der Waals surface area (Å²) in [5.41, 5.74) is 0.448. The summed E-state index contributed by atoms with van der Waals surface area (Å²) in [6.07, 6.45) is 0.167. The van der Waals surface area contributed by atoms with Crippen molar-refractivity contribution in [3.8, 4) is 0 Å². The van der Waals surface area contributed by atoms with Crippen molar-refractivity contribution in [2.75, 3.05) is 18.0 Å². The van der Waals surface area contributed by atoms with Gasteiger partial charge in [-0.2, -0.15) is 0 Å². The van der Waals surface area contributed by atoms with Gasteiger partial charge in [-0.1, -0.05) is 0 Å². The van der Waals surface area contributed by atoms with Crippen molar-refractivity contribution < 1.29 is 28.3 Å². The lowest BCUT2D eigenvalue weighted by Gasteiger charge is -2.38. The number of halogens is 1. The summed E-state index contributed by atoms with van der Waals surface area (Å²) in [6.45, 7) is 0.336. The zero-order valence-electron chi connectivity index (χ0n) is 13.4. The highest BCUT2D eigenvalue weighted by molar-refractivity contribution is 6.00. The Balaban J connectivity index is 1.78. The van der Waals surface area contributed by atoms with E-state index in [0.717, 1.165) is 16.7 Å². The summed E-state index contributed by atoms with van der Waals surface area (Å²) in [5, 5.41) is 11.1. The molecule has 2 saturated heterocycles. The lowest BCUT2D eigenvalue weighted by Crippen LogP contribution is -2.50. The molecular formula is C16H14FN3O6. The fourth-order valence-corrected chi connectivity index (χ4v) is 3.37. The first-order chi connectivity index (χ1) is 12.3. The number of benzene rings is 1. The van der Waals surface area contributed by atoms with Gasteiger partial charge in [0.15, 0.2) is 5.58 Å². The number of rotatable bonds is 3. The van der Waals surface area contributed by atoms with Crippen molar-refractivity contribution in [2.45, 2.75) is 18.9 Å². The first-order valence-corrected chi connectivity index (χ1v) is 8.01. The zero-order chi connectivity index (χ0) is 18.6. The van der Waals surface area contributed by atoms with Crippen molar-refractivity contribution in [3.63, 3.8) is 0 Å². The van der Waals surface area contributed by atoms with Gasteiger partial charge in [0.1, 0.15) is 11.9 Å². The average Bonchev–Trinajstić information content (AvgIpc) is 2.82. The molecule has 2 amide bonds. The Morgan fingerprint density at radius 1 is 1.27 bits per heavy atom. The molecule has 10 heteroatoms. The van der Waals surface area contributed by atoms with Crippen LogP contribution in [0.15, 0.2) is 21.3 Å². The van der Waals surface area contributed by atoms with E-state index in [2.05, 4.69) is 5.32 Å². The van der Waals surface area contributed by atoms with E-state index in [0.29, 0.717) is 0 Å². The summed E-state index contributed by atoms with van der Waals surface area (Å²) in [4.78, 5) is 48.3. The maximum atomic E-state index is 14.1. The SMILES string of the molecule is O=C1CCC(n2c(=O)oc3c(N4CC(C(=O)O)C4)cc(F)cc32)C(=O)N1. The third-order valence-electron chi connectivity index (χ3n) is 4.75. The number of hydrogen-bond acceptors (Lipinski definition) is 6. The molecule has 0 bridgehead atoms. The average molecular weight is 363 g/mol. The maximum Gasteiger partial charge on any atom is 0.420 e. The lowest BCUT2D eigenvalue weighted by molar-refractivity contribution is -0.142. The minimum Gasteiger partial charge on any atom is -0.481 e. The molecule has 1 atom stereocenters. The van der Waals surface area contributed by atoms with Crippen molar-refractivity contribution >= 4 is 34.6 Å². The number of anilines is 1. The summed E-state index contributed by atoms with van der Waals surface area (Å²) in [6, 6.07) is 1.28. The number of aliphatic carboxylic acids is 1. The van der Waals surface area contributed by atoms with Crippen LogP contribution in [-0.4, -0.2) is 40.5 Å². The second-order valence-electron chi connectivity index (χ2n) is 6.42. The summed E-state index contributed by atoms with van der Waals surface area (Å²) in [5.74, 6) is -4.08. The number of fused-ring (bicyclic) bond motifs is 1. The second kappa shape index (κ2) is 5.68. The van der Waals surface area contributed by atoms with E-state index < -0.39 is 41.3 Å². The monoisotopic (exact) mass is 363 g/mol. The van der Waals surface area contributed by atoms with Crippen LogP contribution in [0, 0.1) is 11.7 Å². The summed E-state index contributed by atoms with van der Waals surface area (Å²) >= 11 is 0. The van der Waals surface area contributed by atoms with Gasteiger partial charge in [0.2, 0.25) is 11.8 Å². The quantitative estimate of drug-likeness (QED) is 0.749. The smallest absolute Gasteiger partial charge is 0.420 e. The molecule has 1 aromatic carbocycles. The van der Waals surface area contributed by atoms with Crippen molar-refractivity contribution in [1.82, 2.24) is 9.88 Å². The van der Waals surface area contributed by atoms with Crippen LogP contribution in [0.1, 0.15) is 18.9 Å². The van der Waals surface area contributed by atoms with E-state index >= 15 is 0 Å². The first kappa shape index (κ1) is 16.3. The highest BCUT2D eigenvalue weighted by atomic mass is 19.1. The van der Waals surface area contributed by atoms with Gasteiger partial charge >= 0.3 is 11.7 Å². The van der Waals surface area contributed by atoms with E-state index in [1.165, 1.54) is 0 Å². The van der Waals surface area contributed by atoms with Crippen molar-refractivity contribution in [3.05, 3.63) is 28.5 Å². The molecular weight excluding hydrogens is 349 g/mol. The van der Waals surface area contributed by atoms with E-state index in [1.807, 2.05) is 0 Å². The predicted octanol–water partition coefficient (Wildman–Crippen LogP) is 0.232. The van der Waals surface area contributed by atoms with Gasteiger partial charge in [-0.05, 0) is 6.42 Å². The highest BCUT2D eigenvalue weighted by Crippen LogP contribution is 2.34. The van der Waals surface area contributed by atoms with Crippen LogP contribution in [0.2, 0.25) is 0 Å². The van der Waals surface area contributed by atoms with Crippen LogP contribution < -0.4 is 16.0 Å². The fourth-order valence-electron chi connectivity index (χ4n) is 3.37. The predicted molar refractivity (Wildman–Crippen MR) is 85.2 cm³/mol. The van der Waals surface area contributed by atoms with Gasteiger partial charge in [0.05, 0.1) is 17.1 Å². The van der Waals surface area contributed by atoms with Gasteiger partial charge in [0, 0.05) is 31.6 Å². The zero-order valence-corrected chi connectivity index (χ0v) is 13.4. The van der Waals surface area contributed by atoms with Crippen LogP contribution in [0.5, 0.6) is 0 Å². The Hall–Kier alpha value is -3.17. The van der Waals surface area contributed by atoms with Crippen LogP contribution in [-0.2, 0) is 14.4 Å². The topological polar surface area (TPSA) is 122 Å². The number of amides is 2. The maximum absolute atomic E-state index is 14.1. The van der Waals surface area contributed by atoms with Crippen LogP contribution in [0.4, 0.5) is 10.1 Å². The van der Waals surface area contributed by atoms with Gasteiger partial charge < -0.3 is 14.4 Å². The number of oxazole rings is 1. The van der Waals surface area contributed by atoms with E-state index in [9.17, 15) is 23.6 Å². The molecule has 1 unspecified atom stereocenters. The highest BCUT2D eigenvalue weighted by Gasteiger charge is 2.36.